The molecule has 1 aliphatic carbocycles. The number of carbonyl (C=O) groups excluding carboxylic acids is 1. The Morgan fingerprint density at radius 2 is 2.21 bits per heavy atom. The molecule has 3 N–H and O–H groups in total. The second-order valence-electron chi connectivity index (χ2n) is 7.06. The Bertz CT molecular complexity index is 616. The van der Waals surface area contributed by atoms with Gasteiger partial charge in [0, 0.05) is 50.8 Å². The molecule has 2 aliphatic rings. The number of nitrogens with zero attached hydrogens (tertiary/aromatic N) is 1. The lowest BCUT2D eigenvalue weighted by Gasteiger charge is -2.44. The highest BCUT2D eigenvalue weighted by atomic mass is 19.1. The van der Waals surface area contributed by atoms with Crippen LogP contribution in [0.5, 0.6) is 0 Å². The number of benzene rings is 1. The molecule has 1 aromatic carbocycles. The molecule has 1 amide bonds. The third-order valence-electron chi connectivity index (χ3n) is 5.24. The second-order valence-corrected chi connectivity index (χ2v) is 7.06. The van der Waals surface area contributed by atoms with Crippen LogP contribution in [0, 0.1) is 12.7 Å². The molecule has 0 aromatic heterocycles. The lowest BCUT2D eigenvalue weighted by molar-refractivity contribution is -0.157. The summed E-state index contributed by atoms with van der Waals surface area (Å²) in [5.41, 5.74) is 7.02. The predicted molar refractivity (Wildman–Crippen MR) is 91.5 cm³/mol. The largest absolute Gasteiger partial charge is 0.369 e. The standard InChI is InChI=1S/C18H26FN3O2/c1-12-8-13(19)5-6-16(12)22-7-3-4-15(11-22)21-17(23)18(24-2)9-14(20)10-18/h5-6,8,14-15H,3-4,7,9-11,20H2,1-2H3,(H,21,23). The number of nitrogens with one attached hydrogen (secondary N) is 1. The second kappa shape index (κ2) is 6.69. The molecule has 132 valence electrons. The number of carbonyl (C=O) groups is 1. The summed E-state index contributed by atoms with van der Waals surface area (Å²) in [4.78, 5) is 14.8. The fraction of sp³-hybridized carbons (Fsp3) is 0.611. The molecule has 5 nitrogen and oxygen atoms in total. The monoisotopic (exact) mass is 335 g/mol. The first kappa shape index (κ1) is 17.2. The SMILES string of the molecule is COC1(C(=O)NC2CCCN(c3ccc(F)cc3C)C2)CC(N)C1. The normalized spacial score (nSPS) is 29.9. The van der Waals surface area contributed by atoms with Gasteiger partial charge in [-0.1, -0.05) is 0 Å². The van der Waals surface area contributed by atoms with Crippen molar-refractivity contribution in [3.63, 3.8) is 0 Å². The van der Waals surface area contributed by atoms with Crippen molar-refractivity contribution in [1.82, 2.24) is 5.32 Å². The molecule has 3 rings (SSSR count). The summed E-state index contributed by atoms with van der Waals surface area (Å²) in [5, 5.41) is 3.13. The fourth-order valence-electron chi connectivity index (χ4n) is 3.84. The maximum atomic E-state index is 13.3. The van der Waals surface area contributed by atoms with Crippen LogP contribution in [0.4, 0.5) is 10.1 Å². The van der Waals surface area contributed by atoms with Crippen molar-refractivity contribution in [3.8, 4) is 0 Å². The van der Waals surface area contributed by atoms with Gasteiger partial charge in [0.25, 0.3) is 5.91 Å². The molecule has 24 heavy (non-hydrogen) atoms. The van der Waals surface area contributed by atoms with Crippen LogP contribution in [-0.4, -0.2) is 43.8 Å². The van der Waals surface area contributed by atoms with Gasteiger partial charge in [0.2, 0.25) is 0 Å². The number of rotatable bonds is 4. The molecule has 1 aliphatic heterocycles. The van der Waals surface area contributed by atoms with Crippen LogP contribution >= 0.6 is 0 Å². The number of hydrogen-bond donors (Lipinski definition) is 2. The van der Waals surface area contributed by atoms with Gasteiger partial charge < -0.3 is 20.7 Å². The minimum absolute atomic E-state index is 0.0421. The van der Waals surface area contributed by atoms with Crippen molar-refractivity contribution in [1.29, 1.82) is 0 Å². The number of piperidine rings is 1. The van der Waals surface area contributed by atoms with E-state index < -0.39 is 5.60 Å². The minimum Gasteiger partial charge on any atom is -0.369 e. The summed E-state index contributed by atoms with van der Waals surface area (Å²) >= 11 is 0. The number of aryl methyl sites for hydroxylation is 1. The summed E-state index contributed by atoms with van der Waals surface area (Å²) in [7, 11) is 1.57. The van der Waals surface area contributed by atoms with E-state index >= 15 is 0 Å². The maximum Gasteiger partial charge on any atom is 0.252 e. The minimum atomic E-state index is -0.756. The smallest absolute Gasteiger partial charge is 0.252 e. The average Bonchev–Trinajstić information content (AvgIpc) is 2.51. The van der Waals surface area contributed by atoms with E-state index in [0.717, 1.165) is 37.2 Å². The Kier molecular flexibility index (Phi) is 4.78. The Balaban J connectivity index is 1.64. The molecule has 1 heterocycles. The number of methoxy groups -OCH3 is 1. The summed E-state index contributed by atoms with van der Waals surface area (Å²) in [5.74, 6) is -0.282. The zero-order valence-electron chi connectivity index (χ0n) is 14.3. The van der Waals surface area contributed by atoms with E-state index in [2.05, 4.69) is 10.2 Å². The van der Waals surface area contributed by atoms with Gasteiger partial charge in [0.15, 0.2) is 0 Å². The van der Waals surface area contributed by atoms with E-state index in [-0.39, 0.29) is 23.8 Å². The van der Waals surface area contributed by atoms with Crippen molar-refractivity contribution in [3.05, 3.63) is 29.6 Å². The summed E-state index contributed by atoms with van der Waals surface area (Å²) in [6.45, 7) is 3.56. The van der Waals surface area contributed by atoms with Gasteiger partial charge in [-0.25, -0.2) is 4.39 Å². The van der Waals surface area contributed by atoms with Crippen molar-refractivity contribution in [2.45, 2.75) is 50.3 Å². The average molecular weight is 335 g/mol. The number of halogens is 1. The first-order valence-corrected chi connectivity index (χ1v) is 8.56. The van der Waals surface area contributed by atoms with Gasteiger partial charge >= 0.3 is 0 Å². The van der Waals surface area contributed by atoms with Crippen molar-refractivity contribution < 1.29 is 13.9 Å². The molecule has 1 saturated carbocycles. The topological polar surface area (TPSA) is 67.6 Å². The third kappa shape index (κ3) is 3.26. The summed E-state index contributed by atoms with van der Waals surface area (Å²) in [6.07, 6.45) is 3.07. The van der Waals surface area contributed by atoms with E-state index in [1.165, 1.54) is 6.07 Å². The van der Waals surface area contributed by atoms with Gasteiger partial charge in [0.05, 0.1) is 0 Å². The van der Waals surface area contributed by atoms with Crippen molar-refractivity contribution in [2.75, 3.05) is 25.1 Å². The van der Waals surface area contributed by atoms with Crippen molar-refractivity contribution in [2.24, 2.45) is 5.73 Å². The number of amides is 1. The lowest BCUT2D eigenvalue weighted by atomic mass is 9.75. The molecular weight excluding hydrogens is 309 g/mol. The molecule has 6 heteroatoms. The van der Waals surface area contributed by atoms with Gasteiger partial charge in [0.1, 0.15) is 11.4 Å². The number of ether oxygens (including phenoxy) is 1. The van der Waals surface area contributed by atoms with Crippen LogP contribution in [0.1, 0.15) is 31.2 Å². The quantitative estimate of drug-likeness (QED) is 0.879. The first-order chi connectivity index (χ1) is 11.4. The van der Waals surface area contributed by atoms with E-state index in [1.807, 2.05) is 13.0 Å². The third-order valence-corrected chi connectivity index (χ3v) is 5.24. The highest BCUT2D eigenvalue weighted by Gasteiger charge is 2.49. The lowest BCUT2D eigenvalue weighted by Crippen LogP contribution is -2.63. The molecule has 0 radical (unpaired) electrons. The Hall–Kier alpha value is -1.66. The molecule has 1 saturated heterocycles. The molecule has 1 atom stereocenters. The first-order valence-electron chi connectivity index (χ1n) is 8.56. The molecule has 1 unspecified atom stereocenters. The number of anilines is 1. The fourth-order valence-corrected chi connectivity index (χ4v) is 3.84. The highest BCUT2D eigenvalue weighted by molar-refractivity contribution is 5.87. The number of hydrogen-bond acceptors (Lipinski definition) is 4. The predicted octanol–water partition coefficient (Wildman–Crippen LogP) is 1.73. The zero-order valence-corrected chi connectivity index (χ0v) is 14.3. The summed E-state index contributed by atoms with van der Waals surface area (Å²) < 4.78 is 18.8. The molecular formula is C18H26FN3O2. The van der Waals surface area contributed by atoms with Crippen LogP contribution in [0.15, 0.2) is 18.2 Å². The van der Waals surface area contributed by atoms with Gasteiger partial charge in [-0.05, 0) is 43.5 Å². The van der Waals surface area contributed by atoms with Crippen LogP contribution in [-0.2, 0) is 9.53 Å². The molecule has 2 fully saturated rings. The van der Waals surface area contributed by atoms with Crippen LogP contribution in [0.2, 0.25) is 0 Å². The van der Waals surface area contributed by atoms with Crippen LogP contribution in [0.3, 0.4) is 0 Å². The van der Waals surface area contributed by atoms with Crippen molar-refractivity contribution >= 4 is 11.6 Å². The van der Waals surface area contributed by atoms with Gasteiger partial charge in [-0.3, -0.25) is 4.79 Å². The van der Waals surface area contributed by atoms with E-state index in [4.69, 9.17) is 10.5 Å². The van der Waals surface area contributed by atoms with Gasteiger partial charge in [-0.15, -0.1) is 0 Å². The highest BCUT2D eigenvalue weighted by Crippen LogP contribution is 2.35. The van der Waals surface area contributed by atoms with Crippen LogP contribution in [0.25, 0.3) is 0 Å². The van der Waals surface area contributed by atoms with E-state index in [9.17, 15) is 9.18 Å². The Morgan fingerprint density at radius 1 is 1.46 bits per heavy atom. The molecule has 1 aromatic rings. The molecule has 0 spiro atoms. The van der Waals surface area contributed by atoms with E-state index in [1.54, 1.807) is 13.2 Å². The molecule has 0 bridgehead atoms. The van der Waals surface area contributed by atoms with Crippen LogP contribution < -0.4 is 16.0 Å². The maximum absolute atomic E-state index is 13.3. The zero-order chi connectivity index (χ0) is 17.3. The van der Waals surface area contributed by atoms with E-state index in [0.29, 0.717) is 12.8 Å². The Labute approximate surface area is 142 Å². The summed E-state index contributed by atoms with van der Waals surface area (Å²) in [6, 6.07) is 4.96. The Morgan fingerprint density at radius 3 is 2.83 bits per heavy atom. The van der Waals surface area contributed by atoms with Gasteiger partial charge in [-0.2, -0.15) is 0 Å². The number of nitrogens with two attached hydrogens (primary N) is 1.